The molecule has 0 aromatic carbocycles. The third kappa shape index (κ3) is 0.708. The average Bonchev–Trinajstić information content (AvgIpc) is 2.62. The van der Waals surface area contributed by atoms with Crippen LogP contribution in [0.25, 0.3) is 0 Å². The second kappa shape index (κ2) is 2.28. The smallest absolute Gasteiger partial charge is 0.00870 e. The third-order valence-corrected chi connectivity index (χ3v) is 5.88. The first-order valence-electron chi connectivity index (χ1n) is 6.19. The SMILES string of the molecule is CC1=C[C@@H]2C[C@]3(C(C)C)CC[C@]2(C)[C@@H]13. The topological polar surface area (TPSA) is 0 Å². The fourth-order valence-electron chi connectivity index (χ4n) is 5.20. The van der Waals surface area contributed by atoms with E-state index in [2.05, 4.69) is 33.8 Å². The van der Waals surface area contributed by atoms with Gasteiger partial charge in [0.15, 0.2) is 0 Å². The maximum Gasteiger partial charge on any atom is -0.00870 e. The quantitative estimate of drug-likeness (QED) is 0.548. The van der Waals surface area contributed by atoms with Crippen molar-refractivity contribution in [3.63, 3.8) is 0 Å². The predicted molar refractivity (Wildman–Crippen MR) is 60.0 cm³/mol. The van der Waals surface area contributed by atoms with E-state index in [-0.39, 0.29) is 0 Å². The minimum absolute atomic E-state index is 0.661. The fourth-order valence-corrected chi connectivity index (χ4v) is 5.20. The van der Waals surface area contributed by atoms with Gasteiger partial charge in [-0.1, -0.05) is 32.4 Å². The lowest BCUT2D eigenvalue weighted by Crippen LogP contribution is -2.31. The van der Waals surface area contributed by atoms with E-state index in [0.29, 0.717) is 10.8 Å². The van der Waals surface area contributed by atoms with Gasteiger partial charge in [-0.2, -0.15) is 0 Å². The summed E-state index contributed by atoms with van der Waals surface area (Å²) < 4.78 is 0. The average molecular weight is 190 g/mol. The Kier molecular flexibility index (Phi) is 1.47. The standard InChI is InChI=1S/C14H22/c1-9(2)14-6-5-13(4)11(8-14)7-10(3)12(13)14/h7,9,11-12H,5-6,8H2,1-4H3/t11-,12-,13+,14+/m1/s1. The lowest BCUT2D eigenvalue weighted by atomic mass is 9.65. The maximum absolute atomic E-state index is 2.59. The van der Waals surface area contributed by atoms with Crippen molar-refractivity contribution in [1.29, 1.82) is 0 Å². The highest BCUT2D eigenvalue weighted by Gasteiger charge is 2.67. The number of hydrogen-bond acceptors (Lipinski definition) is 0. The molecule has 0 radical (unpaired) electrons. The molecular formula is C14H22. The number of hydrogen-bond donors (Lipinski definition) is 0. The van der Waals surface area contributed by atoms with E-state index < -0.39 is 0 Å². The van der Waals surface area contributed by atoms with E-state index in [1.54, 1.807) is 5.57 Å². The molecule has 0 amide bonds. The molecule has 0 unspecified atom stereocenters. The molecule has 4 atom stereocenters. The monoisotopic (exact) mass is 190 g/mol. The lowest BCUT2D eigenvalue weighted by Gasteiger charge is -2.39. The molecule has 4 bridgehead atoms. The molecule has 3 aliphatic carbocycles. The van der Waals surface area contributed by atoms with E-state index in [9.17, 15) is 0 Å². The Labute approximate surface area is 87.8 Å². The molecular weight excluding hydrogens is 168 g/mol. The molecule has 14 heavy (non-hydrogen) atoms. The predicted octanol–water partition coefficient (Wildman–Crippen LogP) is 4.02. The maximum atomic E-state index is 2.59. The molecule has 0 spiro atoms. The zero-order chi connectivity index (χ0) is 10.1. The van der Waals surface area contributed by atoms with Crippen molar-refractivity contribution in [1.82, 2.24) is 0 Å². The summed E-state index contributed by atoms with van der Waals surface area (Å²) in [6, 6.07) is 0. The summed E-state index contributed by atoms with van der Waals surface area (Å²) in [4.78, 5) is 0. The van der Waals surface area contributed by atoms with E-state index in [1.807, 2.05) is 0 Å². The second-order valence-corrected chi connectivity index (χ2v) is 6.55. The van der Waals surface area contributed by atoms with Crippen molar-refractivity contribution in [3.05, 3.63) is 11.6 Å². The summed E-state index contributed by atoms with van der Waals surface area (Å²) in [6.07, 6.45) is 7.05. The van der Waals surface area contributed by atoms with Gasteiger partial charge in [0.25, 0.3) is 0 Å². The Hall–Kier alpha value is -0.260. The van der Waals surface area contributed by atoms with Crippen LogP contribution in [0.4, 0.5) is 0 Å². The van der Waals surface area contributed by atoms with Crippen molar-refractivity contribution in [2.45, 2.75) is 47.0 Å². The van der Waals surface area contributed by atoms with Crippen molar-refractivity contribution in [3.8, 4) is 0 Å². The van der Waals surface area contributed by atoms with Crippen LogP contribution >= 0.6 is 0 Å². The van der Waals surface area contributed by atoms with Crippen LogP contribution < -0.4 is 0 Å². The van der Waals surface area contributed by atoms with Crippen molar-refractivity contribution >= 4 is 0 Å². The van der Waals surface area contributed by atoms with Crippen LogP contribution in [0.15, 0.2) is 11.6 Å². The van der Waals surface area contributed by atoms with Gasteiger partial charge in [0.2, 0.25) is 0 Å². The molecule has 0 aliphatic heterocycles. The highest BCUT2D eigenvalue weighted by Crippen LogP contribution is 2.75. The Bertz CT molecular complexity index is 312. The number of allylic oxidation sites excluding steroid dienone is 2. The third-order valence-electron chi connectivity index (χ3n) is 5.88. The highest BCUT2D eigenvalue weighted by molar-refractivity contribution is 5.33. The molecule has 0 nitrogen and oxygen atoms in total. The zero-order valence-corrected chi connectivity index (χ0v) is 9.93. The summed E-state index contributed by atoms with van der Waals surface area (Å²) in [5.41, 5.74) is 3.07. The van der Waals surface area contributed by atoms with Crippen LogP contribution in [0, 0.1) is 28.6 Å². The minimum atomic E-state index is 0.661. The Morgan fingerprint density at radius 2 is 2.07 bits per heavy atom. The molecule has 78 valence electrons. The summed E-state index contributed by atoms with van der Waals surface area (Å²) in [5, 5.41) is 0. The summed E-state index contributed by atoms with van der Waals surface area (Å²) >= 11 is 0. The van der Waals surface area contributed by atoms with Crippen LogP contribution in [0.5, 0.6) is 0 Å². The molecule has 0 N–H and O–H groups in total. The van der Waals surface area contributed by atoms with Gasteiger partial charge in [-0.3, -0.25) is 0 Å². The molecule has 3 rings (SSSR count). The van der Waals surface area contributed by atoms with Gasteiger partial charge in [0.1, 0.15) is 0 Å². The largest absolute Gasteiger partial charge is 0.0816 e. The molecule has 0 heterocycles. The van der Waals surface area contributed by atoms with Crippen molar-refractivity contribution in [2.24, 2.45) is 28.6 Å². The number of rotatable bonds is 1. The van der Waals surface area contributed by atoms with Crippen LogP contribution in [-0.4, -0.2) is 0 Å². The van der Waals surface area contributed by atoms with Crippen LogP contribution in [-0.2, 0) is 0 Å². The van der Waals surface area contributed by atoms with Crippen molar-refractivity contribution in [2.75, 3.05) is 0 Å². The van der Waals surface area contributed by atoms with E-state index in [4.69, 9.17) is 0 Å². The van der Waals surface area contributed by atoms with Gasteiger partial charge in [0, 0.05) is 0 Å². The minimum Gasteiger partial charge on any atom is -0.0816 e. The first-order chi connectivity index (χ1) is 6.51. The molecule has 2 fully saturated rings. The Balaban J connectivity index is 2.12. The normalized spacial score (nSPS) is 54.5. The lowest BCUT2D eigenvalue weighted by molar-refractivity contribution is 0.145. The van der Waals surface area contributed by atoms with Gasteiger partial charge >= 0.3 is 0 Å². The van der Waals surface area contributed by atoms with Crippen LogP contribution in [0.3, 0.4) is 0 Å². The van der Waals surface area contributed by atoms with Gasteiger partial charge in [-0.05, 0) is 54.8 Å². The van der Waals surface area contributed by atoms with Crippen LogP contribution in [0.2, 0.25) is 0 Å². The zero-order valence-electron chi connectivity index (χ0n) is 9.93. The first-order valence-corrected chi connectivity index (χ1v) is 6.19. The second-order valence-electron chi connectivity index (χ2n) is 6.55. The molecule has 0 heteroatoms. The highest BCUT2D eigenvalue weighted by atomic mass is 14.7. The Morgan fingerprint density at radius 3 is 2.57 bits per heavy atom. The summed E-state index contributed by atoms with van der Waals surface area (Å²) in [6.45, 7) is 9.82. The summed E-state index contributed by atoms with van der Waals surface area (Å²) in [7, 11) is 0. The van der Waals surface area contributed by atoms with Gasteiger partial charge in [-0.15, -0.1) is 0 Å². The first kappa shape index (κ1) is 9.00. The van der Waals surface area contributed by atoms with Crippen LogP contribution in [0.1, 0.15) is 47.0 Å². The van der Waals surface area contributed by atoms with Gasteiger partial charge < -0.3 is 0 Å². The molecule has 0 aromatic rings. The molecule has 2 saturated carbocycles. The van der Waals surface area contributed by atoms with E-state index >= 15 is 0 Å². The summed E-state index contributed by atoms with van der Waals surface area (Å²) in [5.74, 6) is 2.73. The van der Waals surface area contributed by atoms with Crippen molar-refractivity contribution < 1.29 is 0 Å². The fraction of sp³-hybridized carbons (Fsp3) is 0.857. The van der Waals surface area contributed by atoms with Gasteiger partial charge in [0.05, 0.1) is 0 Å². The van der Waals surface area contributed by atoms with Gasteiger partial charge in [-0.25, -0.2) is 0 Å². The van der Waals surface area contributed by atoms with E-state index in [0.717, 1.165) is 17.8 Å². The van der Waals surface area contributed by atoms with E-state index in [1.165, 1.54) is 19.3 Å². The Morgan fingerprint density at radius 1 is 1.36 bits per heavy atom. The molecule has 0 aromatic heterocycles. The molecule has 0 saturated heterocycles. The molecule has 3 aliphatic rings.